The molecular formula is C108H102N6O26. The van der Waals surface area contributed by atoms with Crippen LogP contribution in [-0.4, -0.2) is 218 Å². The van der Waals surface area contributed by atoms with Gasteiger partial charge in [0, 0.05) is 18.8 Å². The van der Waals surface area contributed by atoms with Crippen molar-refractivity contribution in [3.63, 3.8) is 0 Å². The van der Waals surface area contributed by atoms with Crippen LogP contribution in [0.1, 0.15) is 115 Å². The fraction of sp³-hybridized carbons (Fsp3) is 0.315. The number of imide groups is 3. The van der Waals surface area contributed by atoms with Crippen LogP contribution in [-0.2, 0) is 132 Å². The molecule has 32 heteroatoms. The molecule has 18 rings (SSSR count). The molecule has 140 heavy (non-hydrogen) atoms. The van der Waals surface area contributed by atoms with Crippen LogP contribution in [0, 0.1) is 0 Å². The standard InChI is InChI=1S/C108H102N6O26/c1-66(115)131-97-89(113-101(119)79-47-27-28-48-80(79)102(113)120)106(133-76-53-51-75(123-3)52-54-76)135-85(64-126-57-70-35-15-6-16-36-70)93(97)140-108-90(114-103(121)81-49-29-30-50-82(81)104(114)122)98(132-67(2)116)94(86(137-108)65-127-58-71-37-17-7-18-38-71)139-107-88(112-99(117)77-45-25-26-46-78(77)100(112)118)96(130-61-74-43-23-10-24-44-74)92(84(136-107)63-125-56-69-33-13-5-14-34-69)138-105-87(110-111-109)95(129-60-73-41-21-9-22-42-73)91(128-59-72-39-19-8-20-40-72)83(134-105)62-124-55-68-31-11-4-12-32-68/h4-54,83-98,105-108H,55-65H2,1-3H3/t83-,84-,85-,86-,87-,88-,89-,90-,91-,92-,93-,94-,95-,96-,97-,98-,105+,106-,107+,108+/m1/s1. The summed E-state index contributed by atoms with van der Waals surface area (Å²) in [5.74, 6) is -6.90. The highest BCUT2D eigenvalue weighted by atomic mass is 16.8. The first-order valence-electron chi connectivity index (χ1n) is 46.1. The Labute approximate surface area is 806 Å². The fourth-order valence-corrected chi connectivity index (χ4v) is 18.7. The molecule has 0 bridgehead atoms. The maximum absolute atomic E-state index is 16.3. The second-order valence-electron chi connectivity index (χ2n) is 34.4. The van der Waals surface area contributed by atoms with E-state index in [1.165, 1.54) is 43.5 Å². The first-order chi connectivity index (χ1) is 68.5. The highest BCUT2D eigenvalue weighted by Gasteiger charge is 2.65. The van der Waals surface area contributed by atoms with Crippen LogP contribution in [0.25, 0.3) is 10.4 Å². The molecule has 720 valence electrons. The summed E-state index contributed by atoms with van der Waals surface area (Å²) >= 11 is 0. The SMILES string of the molecule is COc1ccc(O[C@@H]2O[C@H](COCc3ccccc3)[C@@H](O[C@@H]3O[C@H](COCc4ccccc4)[C@@H](O[C@@H]4O[C@H](COCc5ccccc5)[C@@H](O[C@@H]5O[C@H](COCc6ccccc6)[C@@H](OCc6ccccc6)[C@H](OCc6ccccc6)[C@H]5N=[N+]=[N-])[C@H](OCc5ccccc5)[C@H]4N4C(=O)c5ccccc5C4=O)[C@H](OC(C)=O)[C@H]3N3C(=O)c4ccccc4C3=O)[C@H](OC(C)=O)[C@H]2N2C(=O)c3ccccc3C2=O)cc1. The Hall–Kier alpha value is -13.9. The third-order valence-corrected chi connectivity index (χ3v) is 25.2. The Morgan fingerprint density at radius 3 is 0.864 bits per heavy atom. The molecule has 0 aliphatic carbocycles. The lowest BCUT2D eigenvalue weighted by molar-refractivity contribution is -0.373. The Kier molecular flexibility index (Phi) is 31.2. The lowest BCUT2D eigenvalue weighted by Gasteiger charge is -2.54. The summed E-state index contributed by atoms with van der Waals surface area (Å²) in [4.78, 5) is 131. The molecule has 11 aromatic rings. The molecule has 20 atom stereocenters. The summed E-state index contributed by atoms with van der Waals surface area (Å²) in [7, 11) is 1.47. The van der Waals surface area contributed by atoms with Gasteiger partial charge in [0.15, 0.2) is 31.1 Å². The number of amides is 6. The van der Waals surface area contributed by atoms with E-state index in [2.05, 4.69) is 10.0 Å². The molecule has 4 saturated heterocycles. The van der Waals surface area contributed by atoms with Crippen molar-refractivity contribution >= 4 is 47.4 Å². The Bertz CT molecular complexity index is 6060. The maximum Gasteiger partial charge on any atom is 0.303 e. The molecule has 0 unspecified atom stereocenters. The van der Waals surface area contributed by atoms with Gasteiger partial charge in [-0.2, -0.15) is 0 Å². The van der Waals surface area contributed by atoms with Gasteiger partial charge in [0.1, 0.15) is 96.7 Å². The van der Waals surface area contributed by atoms with E-state index in [4.69, 9.17) is 85.3 Å². The number of benzene rings is 11. The van der Waals surface area contributed by atoms with Crippen molar-refractivity contribution in [2.45, 2.75) is 183 Å². The molecule has 0 spiro atoms. The van der Waals surface area contributed by atoms with E-state index in [9.17, 15) is 10.3 Å². The van der Waals surface area contributed by atoms with Gasteiger partial charge in [-0.3, -0.25) is 53.1 Å². The number of hydrogen-bond acceptors (Lipinski definition) is 27. The molecule has 32 nitrogen and oxygen atoms in total. The highest BCUT2D eigenvalue weighted by Crippen LogP contribution is 2.46. The smallest absolute Gasteiger partial charge is 0.303 e. The highest BCUT2D eigenvalue weighted by molar-refractivity contribution is 6.23. The molecule has 7 heterocycles. The van der Waals surface area contributed by atoms with E-state index in [-0.39, 0.29) is 92.0 Å². The van der Waals surface area contributed by atoms with Gasteiger partial charge in [0.05, 0.1) is 113 Å². The molecule has 11 aromatic carbocycles. The molecule has 6 amide bonds. The monoisotopic (exact) mass is 1900 g/mol. The zero-order valence-electron chi connectivity index (χ0n) is 76.6. The molecular weight excluding hydrogens is 1800 g/mol. The molecule has 0 N–H and O–H groups in total. The summed E-state index contributed by atoms with van der Waals surface area (Å²) < 4.78 is 127. The largest absolute Gasteiger partial charge is 0.497 e. The Morgan fingerprint density at radius 1 is 0.300 bits per heavy atom. The Morgan fingerprint density at radius 2 is 0.550 bits per heavy atom. The van der Waals surface area contributed by atoms with Gasteiger partial charge in [-0.15, -0.1) is 0 Å². The van der Waals surface area contributed by atoms with Crippen molar-refractivity contribution in [2.24, 2.45) is 5.11 Å². The van der Waals surface area contributed by atoms with E-state index in [0.717, 1.165) is 45.2 Å². The number of hydrogen-bond donors (Lipinski definition) is 0. The minimum Gasteiger partial charge on any atom is -0.497 e. The molecule has 0 aromatic heterocycles. The van der Waals surface area contributed by atoms with Crippen LogP contribution >= 0.6 is 0 Å². The minimum atomic E-state index is -2.19. The third kappa shape index (κ3) is 21.9. The van der Waals surface area contributed by atoms with Crippen LogP contribution in [0.15, 0.2) is 314 Å². The van der Waals surface area contributed by atoms with E-state index in [1.54, 1.807) is 115 Å². The molecule has 7 aliphatic rings. The summed E-state index contributed by atoms with van der Waals surface area (Å²) in [5, 5.41) is 4.50. The molecule has 7 aliphatic heterocycles. The number of rotatable bonds is 40. The number of fused-ring (bicyclic) bond motifs is 3. The Balaban J connectivity index is 0.805. The van der Waals surface area contributed by atoms with Gasteiger partial charge in [-0.05, 0) is 105 Å². The number of nitrogens with zero attached hydrogens (tertiary/aromatic N) is 6. The van der Waals surface area contributed by atoms with E-state index in [1.807, 2.05) is 158 Å². The van der Waals surface area contributed by atoms with Crippen molar-refractivity contribution in [3.05, 3.63) is 392 Å². The van der Waals surface area contributed by atoms with Crippen molar-refractivity contribution < 1.29 is 124 Å². The van der Waals surface area contributed by atoms with Crippen LogP contribution in [0.5, 0.6) is 11.5 Å². The average molecular weight is 1900 g/mol. The predicted octanol–water partition coefficient (Wildman–Crippen LogP) is 14.3. The zero-order chi connectivity index (χ0) is 96.5. The average Bonchev–Trinajstić information content (AvgIpc) is 1.60. The van der Waals surface area contributed by atoms with Crippen LogP contribution in [0.3, 0.4) is 0 Å². The lowest BCUT2D eigenvalue weighted by atomic mass is 9.91. The topological polar surface area (TPSA) is 361 Å². The first-order valence-corrected chi connectivity index (χ1v) is 46.1. The van der Waals surface area contributed by atoms with E-state index < -0.39 is 190 Å². The minimum absolute atomic E-state index is 0.0128. The third-order valence-electron chi connectivity index (χ3n) is 25.2. The summed E-state index contributed by atoms with van der Waals surface area (Å²) in [6.07, 6.45) is -27.5. The second-order valence-corrected chi connectivity index (χ2v) is 34.4. The van der Waals surface area contributed by atoms with Crippen molar-refractivity contribution in [2.75, 3.05) is 33.5 Å². The van der Waals surface area contributed by atoms with Gasteiger partial charge in [-0.1, -0.05) is 254 Å². The van der Waals surface area contributed by atoms with Gasteiger partial charge in [-0.25, -0.2) is 0 Å². The quantitative estimate of drug-likeness (QED) is 0.0113. The number of esters is 2. The molecule has 0 radical (unpaired) electrons. The number of ether oxygens (including phenoxy) is 18. The van der Waals surface area contributed by atoms with Gasteiger partial charge >= 0.3 is 11.9 Å². The van der Waals surface area contributed by atoms with Crippen molar-refractivity contribution in [1.82, 2.24) is 14.7 Å². The predicted molar refractivity (Wildman–Crippen MR) is 499 cm³/mol. The normalized spacial score (nSPS) is 25.8. The zero-order valence-corrected chi connectivity index (χ0v) is 76.6. The number of carbonyl (C=O) groups is 8. The maximum atomic E-state index is 16.3. The number of carbonyl (C=O) groups excluding carboxylic acids is 8. The van der Waals surface area contributed by atoms with Gasteiger partial charge in [0.2, 0.25) is 6.29 Å². The van der Waals surface area contributed by atoms with Crippen molar-refractivity contribution in [3.8, 4) is 11.5 Å². The summed E-state index contributed by atoms with van der Waals surface area (Å²) in [5.41, 5.74) is 15.6. The first kappa shape index (κ1) is 96.4. The summed E-state index contributed by atoms with van der Waals surface area (Å²) in [6, 6.07) is 81.5. The van der Waals surface area contributed by atoms with Crippen LogP contribution in [0.2, 0.25) is 0 Å². The summed E-state index contributed by atoms with van der Waals surface area (Å²) in [6.45, 7) is -0.149. The molecule has 0 saturated carbocycles. The van der Waals surface area contributed by atoms with Gasteiger partial charge < -0.3 is 85.3 Å². The van der Waals surface area contributed by atoms with Crippen molar-refractivity contribution in [1.29, 1.82) is 0 Å². The molecule has 4 fully saturated rings. The van der Waals surface area contributed by atoms with E-state index >= 15 is 33.6 Å². The number of azide groups is 1. The number of methoxy groups -OCH3 is 1. The second kappa shape index (κ2) is 45.4. The lowest BCUT2D eigenvalue weighted by Crippen LogP contribution is -2.73. The van der Waals surface area contributed by atoms with Crippen LogP contribution < -0.4 is 9.47 Å². The van der Waals surface area contributed by atoms with E-state index in [0.29, 0.717) is 28.0 Å². The van der Waals surface area contributed by atoms with Gasteiger partial charge in [0.25, 0.3) is 35.4 Å². The van der Waals surface area contributed by atoms with Crippen LogP contribution in [0.4, 0.5) is 0 Å². The fourth-order valence-electron chi connectivity index (χ4n) is 18.7.